The summed E-state index contributed by atoms with van der Waals surface area (Å²) in [7, 11) is 1.40. The normalized spacial score (nSPS) is 22.5. The number of hydrogen-bond acceptors (Lipinski definition) is 6. The number of rotatable bonds is 10. The van der Waals surface area contributed by atoms with Crippen LogP contribution in [0, 0.1) is 5.92 Å². The lowest BCUT2D eigenvalue weighted by Gasteiger charge is -2.40. The minimum atomic E-state index is -1.27. The molecule has 0 spiro atoms. The van der Waals surface area contributed by atoms with Crippen LogP contribution in [-0.4, -0.2) is 87.7 Å². The molecule has 0 saturated carbocycles. The second kappa shape index (κ2) is 12.6. The van der Waals surface area contributed by atoms with E-state index in [1.165, 1.54) is 7.11 Å². The maximum atomic E-state index is 14.2. The fourth-order valence-corrected chi connectivity index (χ4v) is 8.19. The molecule has 2 aromatic carbocycles. The molecule has 3 heterocycles. The lowest BCUT2D eigenvalue weighted by molar-refractivity contribution is -0.153. The van der Waals surface area contributed by atoms with E-state index in [1.807, 2.05) is 59.5 Å². The molecule has 2 fully saturated rings. The molecular weight excluding hydrogens is 562 g/mol. The van der Waals surface area contributed by atoms with Crippen molar-refractivity contribution in [1.29, 1.82) is 0 Å². The summed E-state index contributed by atoms with van der Waals surface area (Å²) in [5.41, 5.74) is 2.92. The third-order valence-electron chi connectivity index (χ3n) is 9.35. The van der Waals surface area contributed by atoms with Gasteiger partial charge in [-0.05, 0) is 54.5 Å². The van der Waals surface area contributed by atoms with Gasteiger partial charge in [-0.2, -0.15) is 11.8 Å². The molecule has 6 rings (SSSR count). The molecule has 8 nitrogen and oxygen atoms in total. The summed E-state index contributed by atoms with van der Waals surface area (Å²) in [4.78, 5) is 45.9. The molecule has 1 aliphatic carbocycles. The summed E-state index contributed by atoms with van der Waals surface area (Å²) in [5.74, 6) is 0.501. The monoisotopic (exact) mass is 601 g/mol. The van der Waals surface area contributed by atoms with Crippen LogP contribution in [0.15, 0.2) is 66.7 Å². The molecule has 3 atom stereocenters. The van der Waals surface area contributed by atoms with Gasteiger partial charge in [-0.3, -0.25) is 9.59 Å². The fourth-order valence-electron chi connectivity index (χ4n) is 7.55. The number of fused-ring (bicyclic) bond motifs is 3. The molecule has 3 aromatic rings. The number of aromatic nitrogens is 1. The Balaban J connectivity index is 1.48. The zero-order valence-electron chi connectivity index (χ0n) is 24.6. The maximum absolute atomic E-state index is 14.2. The quantitative estimate of drug-likeness (QED) is 0.279. The van der Waals surface area contributed by atoms with Crippen molar-refractivity contribution in [2.24, 2.45) is 5.92 Å². The topological polar surface area (TPSA) is 92.1 Å². The first-order valence-corrected chi connectivity index (χ1v) is 16.3. The van der Waals surface area contributed by atoms with Crippen molar-refractivity contribution < 1.29 is 24.2 Å². The minimum Gasteiger partial charge on any atom is -0.467 e. The van der Waals surface area contributed by atoms with Crippen LogP contribution in [0.4, 0.5) is 0 Å². The van der Waals surface area contributed by atoms with Gasteiger partial charge in [-0.25, -0.2) is 4.79 Å². The van der Waals surface area contributed by atoms with E-state index >= 15 is 0 Å². The van der Waals surface area contributed by atoms with Crippen molar-refractivity contribution in [3.05, 3.63) is 94.8 Å². The Morgan fingerprint density at radius 1 is 0.977 bits per heavy atom. The molecule has 0 bridgehead atoms. The second-order valence-corrected chi connectivity index (χ2v) is 12.9. The number of aliphatic hydroxyl groups excluding tert-OH is 1. The molecule has 0 radical (unpaired) electrons. The molecule has 1 N–H and O–H groups in total. The number of aliphatic hydroxyl groups is 1. The smallest absolute Gasteiger partial charge is 0.332 e. The van der Waals surface area contributed by atoms with Crippen LogP contribution in [0.1, 0.15) is 56.4 Å². The van der Waals surface area contributed by atoms with Crippen LogP contribution in [0.25, 0.3) is 0 Å². The van der Waals surface area contributed by atoms with Gasteiger partial charge in [0, 0.05) is 61.3 Å². The van der Waals surface area contributed by atoms with Crippen LogP contribution in [0.3, 0.4) is 0 Å². The molecule has 2 aliphatic heterocycles. The second-order valence-electron chi connectivity index (χ2n) is 11.7. The summed E-state index contributed by atoms with van der Waals surface area (Å²) in [6, 6.07) is 21.0. The highest BCUT2D eigenvalue weighted by atomic mass is 32.2. The van der Waals surface area contributed by atoms with Gasteiger partial charge in [0.2, 0.25) is 0 Å². The lowest BCUT2D eigenvalue weighted by Crippen LogP contribution is -2.58. The predicted molar refractivity (Wildman–Crippen MR) is 166 cm³/mol. The van der Waals surface area contributed by atoms with Gasteiger partial charge in [-0.15, -0.1) is 0 Å². The number of thioether (sulfide) groups is 1. The van der Waals surface area contributed by atoms with Crippen LogP contribution in [0.5, 0.6) is 0 Å². The Bertz CT molecular complexity index is 1470. The number of carbonyl (C=O) groups is 3. The molecule has 226 valence electrons. The number of esters is 1. The Hall–Kier alpha value is -3.56. The Labute approximate surface area is 257 Å². The third kappa shape index (κ3) is 5.27. The van der Waals surface area contributed by atoms with E-state index in [0.717, 1.165) is 48.5 Å². The number of methoxy groups -OCH3 is 1. The maximum Gasteiger partial charge on any atom is 0.332 e. The van der Waals surface area contributed by atoms with Gasteiger partial charge in [0.05, 0.1) is 13.7 Å². The van der Waals surface area contributed by atoms with Gasteiger partial charge in [0.25, 0.3) is 11.8 Å². The summed E-state index contributed by atoms with van der Waals surface area (Å²) in [6.07, 6.45) is 2.99. The highest BCUT2D eigenvalue weighted by Crippen LogP contribution is 2.55. The zero-order chi connectivity index (χ0) is 30.0. The van der Waals surface area contributed by atoms with E-state index in [2.05, 4.69) is 4.57 Å². The van der Waals surface area contributed by atoms with Crippen molar-refractivity contribution in [2.45, 2.75) is 43.7 Å². The van der Waals surface area contributed by atoms with Crippen LogP contribution in [0.2, 0.25) is 0 Å². The number of benzene rings is 2. The lowest BCUT2D eigenvalue weighted by atomic mass is 9.75. The molecule has 9 heteroatoms. The SMILES string of the molecule is COC(=O)[C@@]1(Cc2ccccc2)C2c3cc(C(=O)N4CCCC4)n(CCSCCO)c3CC2CN1C(=O)c1ccccc1. The highest BCUT2D eigenvalue weighted by Gasteiger charge is 2.64. The Morgan fingerprint density at radius 2 is 1.67 bits per heavy atom. The van der Waals surface area contributed by atoms with Gasteiger partial charge in [0.1, 0.15) is 5.69 Å². The predicted octanol–water partition coefficient (Wildman–Crippen LogP) is 4.02. The van der Waals surface area contributed by atoms with E-state index < -0.39 is 11.5 Å². The van der Waals surface area contributed by atoms with Crippen molar-refractivity contribution >= 4 is 29.5 Å². The number of hydrogen-bond donors (Lipinski definition) is 1. The molecular formula is C34H39N3O5S. The van der Waals surface area contributed by atoms with Crippen LogP contribution < -0.4 is 0 Å². The Kier molecular flexibility index (Phi) is 8.63. The molecule has 2 saturated heterocycles. The molecule has 43 heavy (non-hydrogen) atoms. The van der Waals surface area contributed by atoms with Gasteiger partial charge in [-0.1, -0.05) is 48.5 Å². The van der Waals surface area contributed by atoms with E-state index in [-0.39, 0.29) is 30.3 Å². The summed E-state index contributed by atoms with van der Waals surface area (Å²) < 4.78 is 7.72. The minimum absolute atomic E-state index is 0.00718. The largest absolute Gasteiger partial charge is 0.467 e. The summed E-state index contributed by atoms with van der Waals surface area (Å²) in [5, 5.41) is 9.32. The molecule has 3 aliphatic rings. The number of amides is 2. The first-order chi connectivity index (χ1) is 21.0. The van der Waals surface area contributed by atoms with E-state index in [4.69, 9.17) is 4.74 Å². The number of carbonyl (C=O) groups excluding carboxylic acids is 3. The summed E-state index contributed by atoms with van der Waals surface area (Å²) >= 11 is 1.66. The van der Waals surface area contributed by atoms with Gasteiger partial charge < -0.3 is 24.2 Å². The number of nitrogens with zero attached hydrogens (tertiary/aromatic N) is 3. The average Bonchev–Trinajstić information content (AvgIpc) is 3.82. The molecule has 1 aromatic heterocycles. The first-order valence-electron chi connectivity index (χ1n) is 15.2. The first kappa shape index (κ1) is 29.5. The van der Waals surface area contributed by atoms with E-state index in [9.17, 15) is 19.5 Å². The third-order valence-corrected chi connectivity index (χ3v) is 10.3. The van der Waals surface area contributed by atoms with Crippen LogP contribution in [-0.2, 0) is 28.9 Å². The zero-order valence-corrected chi connectivity index (χ0v) is 25.4. The van der Waals surface area contributed by atoms with Gasteiger partial charge in [0.15, 0.2) is 5.54 Å². The van der Waals surface area contributed by atoms with Crippen molar-refractivity contribution in [1.82, 2.24) is 14.4 Å². The highest BCUT2D eigenvalue weighted by molar-refractivity contribution is 7.99. The van der Waals surface area contributed by atoms with E-state index in [1.54, 1.807) is 28.8 Å². The Morgan fingerprint density at radius 3 is 2.35 bits per heavy atom. The van der Waals surface area contributed by atoms with Gasteiger partial charge >= 0.3 is 5.97 Å². The average molecular weight is 602 g/mol. The van der Waals surface area contributed by atoms with Crippen molar-refractivity contribution in [3.63, 3.8) is 0 Å². The standard InChI is InChI=1S/C34H39N3O5S/c1-42-33(41)34(22-24-10-4-2-5-11-24)30-26(23-37(34)31(39)25-12-6-3-7-13-25)20-28-27(30)21-29(32(40)35-14-8-9-15-35)36(28)16-18-43-19-17-38/h2-7,10-13,21,26,30,38H,8-9,14-20,22-23H2,1H3/t26?,30?,34-/m1/s1. The van der Waals surface area contributed by atoms with Crippen molar-refractivity contribution in [3.8, 4) is 0 Å². The number of likely N-dealkylation sites (tertiary alicyclic amines) is 2. The van der Waals surface area contributed by atoms with Crippen molar-refractivity contribution in [2.75, 3.05) is 44.9 Å². The fraction of sp³-hybridized carbons (Fsp3) is 0.441. The molecule has 2 unspecified atom stereocenters. The molecule has 2 amide bonds. The number of ether oxygens (including phenoxy) is 1. The van der Waals surface area contributed by atoms with Crippen LogP contribution >= 0.6 is 11.8 Å². The van der Waals surface area contributed by atoms with E-state index in [0.29, 0.717) is 42.9 Å². The summed E-state index contributed by atoms with van der Waals surface area (Å²) in [6.45, 7) is 2.68.